The van der Waals surface area contributed by atoms with E-state index in [1.165, 1.54) is 0 Å². The topological polar surface area (TPSA) is 50.9 Å². The molecule has 0 bridgehead atoms. The van der Waals surface area contributed by atoms with Crippen LogP contribution >= 0.6 is 35.4 Å². The van der Waals surface area contributed by atoms with Crippen LogP contribution in [0, 0.1) is 6.92 Å². The third-order valence-electron chi connectivity index (χ3n) is 2.59. The molecule has 1 aromatic carbocycles. The van der Waals surface area contributed by atoms with Gasteiger partial charge in [0.1, 0.15) is 10.8 Å². The highest BCUT2D eigenvalue weighted by molar-refractivity contribution is 7.80. The summed E-state index contributed by atoms with van der Waals surface area (Å²) in [4.78, 5) is 4.55. The molecule has 1 heterocycles. The van der Waals surface area contributed by atoms with Gasteiger partial charge in [0.15, 0.2) is 0 Å². The predicted octanol–water partition coefficient (Wildman–Crippen LogP) is 4.07. The minimum absolute atomic E-state index is 0.299. The molecule has 0 unspecified atom stereocenters. The van der Waals surface area contributed by atoms with E-state index in [-0.39, 0.29) is 0 Å². The number of anilines is 2. The predicted molar refractivity (Wildman–Crippen MR) is 84.6 cm³/mol. The van der Waals surface area contributed by atoms with Crippen molar-refractivity contribution in [2.75, 3.05) is 5.32 Å². The smallest absolute Gasteiger partial charge is 0.140 e. The Labute approximate surface area is 126 Å². The van der Waals surface area contributed by atoms with Crippen LogP contribution < -0.4 is 11.1 Å². The number of halogens is 2. The van der Waals surface area contributed by atoms with E-state index in [1.807, 2.05) is 19.1 Å². The van der Waals surface area contributed by atoms with Gasteiger partial charge >= 0.3 is 0 Å². The summed E-state index contributed by atoms with van der Waals surface area (Å²) in [5, 5.41) is 4.11. The van der Waals surface area contributed by atoms with Crippen molar-refractivity contribution in [1.82, 2.24) is 4.98 Å². The zero-order chi connectivity index (χ0) is 14.0. The van der Waals surface area contributed by atoms with Gasteiger partial charge in [0.2, 0.25) is 0 Å². The molecule has 0 aliphatic heterocycles. The van der Waals surface area contributed by atoms with Gasteiger partial charge in [0.25, 0.3) is 0 Å². The second kappa shape index (κ2) is 5.74. The highest BCUT2D eigenvalue weighted by Gasteiger charge is 2.10. The van der Waals surface area contributed by atoms with Crippen molar-refractivity contribution >= 4 is 51.9 Å². The van der Waals surface area contributed by atoms with Crippen LogP contribution in [-0.4, -0.2) is 9.97 Å². The van der Waals surface area contributed by atoms with Gasteiger partial charge in [-0.1, -0.05) is 35.4 Å². The van der Waals surface area contributed by atoms with Crippen molar-refractivity contribution < 1.29 is 0 Å². The lowest BCUT2D eigenvalue weighted by Gasteiger charge is -2.12. The van der Waals surface area contributed by atoms with Gasteiger partial charge in [-0.15, -0.1) is 0 Å². The molecule has 3 nitrogen and oxygen atoms in total. The number of nitrogens with one attached hydrogen (secondary N) is 1. The Kier molecular flexibility index (Phi) is 4.24. The molecule has 19 heavy (non-hydrogen) atoms. The van der Waals surface area contributed by atoms with E-state index in [4.69, 9.17) is 41.2 Å². The Morgan fingerprint density at radius 1 is 1.26 bits per heavy atom. The second-order valence-electron chi connectivity index (χ2n) is 3.97. The van der Waals surface area contributed by atoms with E-state index < -0.39 is 0 Å². The van der Waals surface area contributed by atoms with Gasteiger partial charge < -0.3 is 11.1 Å². The first-order valence-electron chi connectivity index (χ1n) is 5.46. The largest absolute Gasteiger partial charge is 0.389 e. The van der Waals surface area contributed by atoms with Crippen LogP contribution in [0.5, 0.6) is 0 Å². The standard InChI is InChI=1S/C13H11Cl2N3S/c1-7-4-5-17-13(11(7)12(16)19)18-8-2-3-9(14)10(15)6-8/h2-6H,1H3,(H2,16,19)(H,17,18). The molecule has 0 saturated heterocycles. The summed E-state index contributed by atoms with van der Waals surface area (Å²) in [5.74, 6) is 0.603. The average Bonchev–Trinajstić information content (AvgIpc) is 2.33. The van der Waals surface area contributed by atoms with E-state index in [2.05, 4.69) is 10.3 Å². The Morgan fingerprint density at radius 2 is 2.00 bits per heavy atom. The lowest BCUT2D eigenvalue weighted by atomic mass is 10.1. The molecule has 3 N–H and O–H groups in total. The molecule has 0 radical (unpaired) electrons. The normalized spacial score (nSPS) is 10.3. The third-order valence-corrected chi connectivity index (χ3v) is 3.53. The zero-order valence-corrected chi connectivity index (χ0v) is 12.4. The van der Waals surface area contributed by atoms with Crippen LogP contribution in [0.25, 0.3) is 0 Å². The Hall–Kier alpha value is -1.36. The zero-order valence-electron chi connectivity index (χ0n) is 10.1. The van der Waals surface area contributed by atoms with E-state index >= 15 is 0 Å². The number of pyridine rings is 1. The van der Waals surface area contributed by atoms with E-state index in [0.29, 0.717) is 20.9 Å². The molecule has 0 aliphatic rings. The van der Waals surface area contributed by atoms with Gasteiger partial charge in [0.05, 0.1) is 15.6 Å². The van der Waals surface area contributed by atoms with E-state index in [1.54, 1.807) is 18.3 Å². The summed E-state index contributed by atoms with van der Waals surface area (Å²) in [6.45, 7) is 1.93. The fraction of sp³-hybridized carbons (Fsp3) is 0.0769. The first-order valence-corrected chi connectivity index (χ1v) is 6.63. The summed E-state index contributed by atoms with van der Waals surface area (Å²) in [6, 6.07) is 7.09. The molecule has 0 aliphatic carbocycles. The number of thiocarbonyl (C=S) groups is 1. The highest BCUT2D eigenvalue weighted by atomic mass is 35.5. The van der Waals surface area contributed by atoms with Gasteiger partial charge in [-0.05, 0) is 36.8 Å². The molecule has 0 fully saturated rings. The number of rotatable bonds is 3. The molecule has 0 amide bonds. The lowest BCUT2D eigenvalue weighted by molar-refractivity contribution is 1.26. The first kappa shape index (κ1) is 14.1. The van der Waals surface area contributed by atoms with E-state index in [9.17, 15) is 0 Å². The lowest BCUT2D eigenvalue weighted by Crippen LogP contribution is -2.14. The quantitative estimate of drug-likeness (QED) is 0.839. The summed E-state index contributed by atoms with van der Waals surface area (Å²) in [5.41, 5.74) is 8.18. The van der Waals surface area contributed by atoms with Crippen LogP contribution in [0.2, 0.25) is 10.0 Å². The molecule has 2 aromatic rings. The number of benzene rings is 1. The van der Waals surface area contributed by atoms with Gasteiger partial charge in [-0.3, -0.25) is 0 Å². The van der Waals surface area contributed by atoms with Crippen LogP contribution in [0.15, 0.2) is 30.5 Å². The molecular formula is C13H11Cl2N3S. The minimum atomic E-state index is 0.299. The fourth-order valence-corrected chi connectivity index (χ4v) is 2.23. The van der Waals surface area contributed by atoms with Crippen LogP contribution in [0.3, 0.4) is 0 Å². The number of nitrogens with zero attached hydrogens (tertiary/aromatic N) is 1. The molecule has 2 rings (SSSR count). The molecule has 0 atom stereocenters. The van der Waals surface area contributed by atoms with Crippen LogP contribution in [0.1, 0.15) is 11.1 Å². The SMILES string of the molecule is Cc1ccnc(Nc2ccc(Cl)c(Cl)c2)c1C(N)=S. The van der Waals surface area contributed by atoms with Gasteiger partial charge in [-0.2, -0.15) is 0 Å². The number of hydrogen-bond donors (Lipinski definition) is 2. The van der Waals surface area contributed by atoms with Gasteiger partial charge in [0, 0.05) is 11.9 Å². The summed E-state index contributed by atoms with van der Waals surface area (Å²) in [7, 11) is 0. The summed E-state index contributed by atoms with van der Waals surface area (Å²) in [6.07, 6.45) is 1.69. The summed E-state index contributed by atoms with van der Waals surface area (Å²) >= 11 is 16.9. The molecule has 0 spiro atoms. The highest BCUT2D eigenvalue weighted by Crippen LogP contribution is 2.28. The Morgan fingerprint density at radius 3 is 2.63 bits per heavy atom. The maximum Gasteiger partial charge on any atom is 0.140 e. The van der Waals surface area contributed by atoms with Crippen molar-refractivity contribution in [3.8, 4) is 0 Å². The van der Waals surface area contributed by atoms with Crippen LogP contribution in [0.4, 0.5) is 11.5 Å². The number of aryl methyl sites for hydroxylation is 1. The Bertz CT molecular complexity index is 644. The van der Waals surface area contributed by atoms with Gasteiger partial charge in [-0.25, -0.2) is 4.98 Å². The number of aromatic nitrogens is 1. The van der Waals surface area contributed by atoms with E-state index in [0.717, 1.165) is 16.8 Å². The van der Waals surface area contributed by atoms with Crippen molar-refractivity contribution in [2.45, 2.75) is 6.92 Å². The number of hydrogen-bond acceptors (Lipinski definition) is 3. The molecule has 6 heteroatoms. The van der Waals surface area contributed by atoms with Crippen LogP contribution in [-0.2, 0) is 0 Å². The molecule has 1 aromatic heterocycles. The molecule has 0 saturated carbocycles. The van der Waals surface area contributed by atoms with Crippen molar-refractivity contribution in [3.63, 3.8) is 0 Å². The second-order valence-corrected chi connectivity index (χ2v) is 5.22. The fourth-order valence-electron chi connectivity index (χ4n) is 1.67. The third kappa shape index (κ3) is 3.15. The maximum atomic E-state index is 5.97. The number of nitrogens with two attached hydrogens (primary N) is 1. The van der Waals surface area contributed by atoms with Crippen molar-refractivity contribution in [1.29, 1.82) is 0 Å². The average molecular weight is 312 g/mol. The molecule has 98 valence electrons. The molecular weight excluding hydrogens is 301 g/mol. The maximum absolute atomic E-state index is 5.97. The minimum Gasteiger partial charge on any atom is -0.389 e. The Balaban J connectivity index is 2.40. The van der Waals surface area contributed by atoms with Crippen molar-refractivity contribution in [2.24, 2.45) is 5.73 Å². The summed E-state index contributed by atoms with van der Waals surface area (Å²) < 4.78 is 0. The van der Waals surface area contributed by atoms with Crippen molar-refractivity contribution in [3.05, 3.63) is 51.6 Å². The first-order chi connectivity index (χ1) is 8.99. The monoisotopic (exact) mass is 311 g/mol.